The van der Waals surface area contributed by atoms with Crippen molar-refractivity contribution >= 4 is 11.8 Å². The van der Waals surface area contributed by atoms with Crippen molar-refractivity contribution in [2.45, 2.75) is 84.0 Å². The van der Waals surface area contributed by atoms with Crippen LogP contribution in [0, 0.1) is 0 Å². The zero-order valence-electron chi connectivity index (χ0n) is 12.9. The summed E-state index contributed by atoms with van der Waals surface area (Å²) < 4.78 is 0. The van der Waals surface area contributed by atoms with Crippen molar-refractivity contribution < 1.29 is 9.59 Å². The van der Waals surface area contributed by atoms with Gasteiger partial charge < -0.3 is 0 Å². The number of imide groups is 1. The summed E-state index contributed by atoms with van der Waals surface area (Å²) in [5.74, 6) is -0.355. The molecular weight excluding hydrogens is 250 g/mol. The van der Waals surface area contributed by atoms with Gasteiger partial charge in [0, 0.05) is 5.57 Å². The largest absolute Gasteiger partial charge is 0.292 e. The Kier molecular flexibility index (Phi) is 9.01. The van der Waals surface area contributed by atoms with Gasteiger partial charge in [-0.15, -0.1) is 0 Å². The van der Waals surface area contributed by atoms with E-state index in [2.05, 4.69) is 12.2 Å². The average Bonchev–Trinajstić information content (AvgIpc) is 2.74. The fraction of sp³-hybridized carbons (Fsp3) is 0.765. The van der Waals surface area contributed by atoms with E-state index in [0.29, 0.717) is 5.57 Å². The number of nitrogens with one attached hydrogen (secondary N) is 1. The minimum Gasteiger partial charge on any atom is -0.292 e. The summed E-state index contributed by atoms with van der Waals surface area (Å²) in [6.07, 6.45) is 16.3. The topological polar surface area (TPSA) is 46.2 Å². The van der Waals surface area contributed by atoms with Crippen molar-refractivity contribution in [1.29, 1.82) is 0 Å². The highest BCUT2D eigenvalue weighted by molar-refractivity contribution is 6.13. The molecule has 3 heteroatoms. The van der Waals surface area contributed by atoms with E-state index in [1.807, 2.05) is 6.08 Å². The normalized spacial score (nSPS) is 16.9. The van der Waals surface area contributed by atoms with Crippen LogP contribution in [0.1, 0.15) is 84.0 Å². The molecule has 20 heavy (non-hydrogen) atoms. The molecule has 0 aromatic heterocycles. The molecule has 1 heterocycles. The van der Waals surface area contributed by atoms with Crippen molar-refractivity contribution in [3.63, 3.8) is 0 Å². The van der Waals surface area contributed by atoms with Crippen molar-refractivity contribution in [3.05, 3.63) is 11.6 Å². The van der Waals surface area contributed by atoms with E-state index in [1.165, 1.54) is 57.8 Å². The monoisotopic (exact) mass is 279 g/mol. The predicted octanol–water partition coefficient (Wildman–Crippen LogP) is 4.27. The van der Waals surface area contributed by atoms with Crippen LogP contribution in [0.3, 0.4) is 0 Å². The van der Waals surface area contributed by atoms with E-state index in [4.69, 9.17) is 0 Å². The second kappa shape index (κ2) is 10.6. The van der Waals surface area contributed by atoms with E-state index in [9.17, 15) is 9.59 Å². The molecule has 114 valence electrons. The third-order valence-electron chi connectivity index (χ3n) is 3.84. The van der Waals surface area contributed by atoms with Crippen molar-refractivity contribution in [2.75, 3.05) is 0 Å². The molecule has 1 fully saturated rings. The van der Waals surface area contributed by atoms with Crippen LogP contribution in [0.25, 0.3) is 0 Å². The van der Waals surface area contributed by atoms with Gasteiger partial charge in [-0.2, -0.15) is 0 Å². The number of rotatable bonds is 11. The molecule has 1 aliphatic rings. The lowest BCUT2D eigenvalue weighted by molar-refractivity contribution is -0.124. The molecule has 1 saturated heterocycles. The van der Waals surface area contributed by atoms with Crippen LogP contribution in [-0.2, 0) is 9.59 Å². The van der Waals surface area contributed by atoms with Gasteiger partial charge in [0.2, 0.25) is 5.91 Å². The molecule has 0 radical (unpaired) electrons. The van der Waals surface area contributed by atoms with Crippen LogP contribution < -0.4 is 5.32 Å². The first-order chi connectivity index (χ1) is 9.74. The number of carbonyl (C=O) groups excluding carboxylic acids is 2. The number of hydrogen-bond acceptors (Lipinski definition) is 2. The van der Waals surface area contributed by atoms with E-state index in [-0.39, 0.29) is 18.2 Å². The van der Waals surface area contributed by atoms with Gasteiger partial charge in [0.15, 0.2) is 0 Å². The summed E-state index contributed by atoms with van der Waals surface area (Å²) in [4.78, 5) is 22.3. The Morgan fingerprint density at radius 1 is 0.900 bits per heavy atom. The Morgan fingerprint density at radius 2 is 1.45 bits per heavy atom. The Hall–Kier alpha value is -1.12. The van der Waals surface area contributed by atoms with Crippen LogP contribution >= 0.6 is 0 Å². The lowest BCUT2D eigenvalue weighted by atomic mass is 10.1. The van der Waals surface area contributed by atoms with E-state index < -0.39 is 0 Å². The number of amides is 2. The molecule has 2 amide bonds. The van der Waals surface area contributed by atoms with Gasteiger partial charge in [0.05, 0.1) is 6.42 Å². The fourth-order valence-electron chi connectivity index (χ4n) is 2.58. The number of hydrogen-bond donors (Lipinski definition) is 1. The molecule has 0 atom stereocenters. The van der Waals surface area contributed by atoms with Crippen LogP contribution in [0.2, 0.25) is 0 Å². The zero-order valence-corrected chi connectivity index (χ0v) is 12.9. The highest BCUT2D eigenvalue weighted by Gasteiger charge is 2.22. The molecule has 0 spiro atoms. The highest BCUT2D eigenvalue weighted by atomic mass is 16.2. The summed E-state index contributed by atoms with van der Waals surface area (Å²) >= 11 is 0. The van der Waals surface area contributed by atoms with Gasteiger partial charge in [-0.1, -0.05) is 70.8 Å². The molecule has 0 bridgehead atoms. The Balaban J connectivity index is 1.89. The summed E-state index contributed by atoms with van der Waals surface area (Å²) in [5, 5.41) is 2.31. The Morgan fingerprint density at radius 3 is 1.95 bits per heavy atom. The Bertz CT molecular complexity index is 334. The lowest BCUT2D eigenvalue weighted by Gasteiger charge is -2.01. The molecule has 0 aromatic rings. The molecular formula is C17H29NO2. The van der Waals surface area contributed by atoms with E-state index in [1.54, 1.807) is 0 Å². The summed E-state index contributed by atoms with van der Waals surface area (Å²) in [6.45, 7) is 2.25. The first-order valence-electron chi connectivity index (χ1n) is 8.27. The summed E-state index contributed by atoms with van der Waals surface area (Å²) in [6, 6.07) is 0. The SMILES string of the molecule is CCCCCCCCCCCCC=C1CC(=O)NC1=O. The minimum absolute atomic E-state index is 0.163. The van der Waals surface area contributed by atoms with Gasteiger partial charge in [-0.05, 0) is 12.8 Å². The van der Waals surface area contributed by atoms with Crippen LogP contribution in [0.15, 0.2) is 11.6 Å². The third kappa shape index (κ3) is 7.46. The molecule has 3 nitrogen and oxygen atoms in total. The van der Waals surface area contributed by atoms with Gasteiger partial charge in [0.25, 0.3) is 5.91 Å². The van der Waals surface area contributed by atoms with Crippen LogP contribution in [0.5, 0.6) is 0 Å². The molecule has 0 aromatic carbocycles. The van der Waals surface area contributed by atoms with Gasteiger partial charge in [0.1, 0.15) is 0 Å². The number of unbranched alkanes of at least 4 members (excludes halogenated alkanes) is 10. The standard InChI is InChI=1S/C17H29NO2/c1-2-3-4-5-6-7-8-9-10-11-12-13-15-14-16(19)18-17(15)20/h13H,2-12,14H2,1H3,(H,18,19,20). The highest BCUT2D eigenvalue weighted by Crippen LogP contribution is 2.14. The van der Waals surface area contributed by atoms with Crippen molar-refractivity contribution in [1.82, 2.24) is 5.32 Å². The van der Waals surface area contributed by atoms with Crippen molar-refractivity contribution in [3.8, 4) is 0 Å². The second-order valence-electron chi connectivity index (χ2n) is 5.75. The molecule has 1 aliphatic heterocycles. The first kappa shape index (κ1) is 16.9. The average molecular weight is 279 g/mol. The molecule has 1 rings (SSSR count). The van der Waals surface area contributed by atoms with Gasteiger partial charge >= 0.3 is 0 Å². The quantitative estimate of drug-likeness (QED) is 0.349. The summed E-state index contributed by atoms with van der Waals surface area (Å²) in [5.41, 5.74) is 0.658. The van der Waals surface area contributed by atoms with E-state index >= 15 is 0 Å². The van der Waals surface area contributed by atoms with Crippen molar-refractivity contribution in [2.24, 2.45) is 0 Å². The minimum atomic E-state index is -0.193. The fourth-order valence-corrected chi connectivity index (χ4v) is 2.58. The zero-order chi connectivity index (χ0) is 14.6. The lowest BCUT2D eigenvalue weighted by Crippen LogP contribution is -2.19. The maximum Gasteiger partial charge on any atom is 0.253 e. The van der Waals surface area contributed by atoms with Gasteiger partial charge in [-0.3, -0.25) is 14.9 Å². The maximum absolute atomic E-state index is 11.3. The molecule has 1 N–H and O–H groups in total. The van der Waals surface area contributed by atoms with Crippen LogP contribution in [0.4, 0.5) is 0 Å². The molecule has 0 unspecified atom stereocenters. The third-order valence-corrected chi connectivity index (χ3v) is 3.84. The first-order valence-corrected chi connectivity index (χ1v) is 8.27. The maximum atomic E-state index is 11.3. The number of carbonyl (C=O) groups is 2. The second-order valence-corrected chi connectivity index (χ2v) is 5.75. The summed E-state index contributed by atoms with van der Waals surface area (Å²) in [7, 11) is 0. The van der Waals surface area contributed by atoms with Gasteiger partial charge in [-0.25, -0.2) is 0 Å². The smallest absolute Gasteiger partial charge is 0.253 e. The molecule has 0 saturated carbocycles. The number of allylic oxidation sites excluding steroid dienone is 1. The Labute approximate surface area is 123 Å². The predicted molar refractivity (Wildman–Crippen MR) is 82.3 cm³/mol. The van der Waals surface area contributed by atoms with Crippen LogP contribution in [-0.4, -0.2) is 11.8 Å². The molecule has 0 aliphatic carbocycles. The van der Waals surface area contributed by atoms with E-state index in [0.717, 1.165) is 12.8 Å².